The highest BCUT2D eigenvalue weighted by Crippen LogP contribution is 2.60. The lowest BCUT2D eigenvalue weighted by molar-refractivity contribution is -0.130. The van der Waals surface area contributed by atoms with Gasteiger partial charge in [-0.15, -0.1) is 0 Å². The number of nitrogens with zero attached hydrogens (tertiary/aromatic N) is 3. The van der Waals surface area contributed by atoms with Gasteiger partial charge in [-0.05, 0) is 78.6 Å². The number of rotatable bonds is 2. The van der Waals surface area contributed by atoms with E-state index in [1.54, 1.807) is 7.11 Å². The van der Waals surface area contributed by atoms with Gasteiger partial charge in [-0.2, -0.15) is 0 Å². The van der Waals surface area contributed by atoms with Gasteiger partial charge in [0.2, 0.25) is 0 Å². The van der Waals surface area contributed by atoms with E-state index in [0.29, 0.717) is 17.8 Å². The minimum Gasteiger partial charge on any atom is -0.497 e. The second kappa shape index (κ2) is 5.52. The average molecular weight is 325 g/mol. The summed E-state index contributed by atoms with van der Waals surface area (Å²) >= 11 is 0. The molecule has 0 amide bonds. The summed E-state index contributed by atoms with van der Waals surface area (Å²) < 4.78 is 5.37. The molecule has 0 aromatic heterocycles. The van der Waals surface area contributed by atoms with Gasteiger partial charge in [-0.25, -0.2) is 0 Å². The molecule has 2 fully saturated rings. The predicted molar refractivity (Wildman–Crippen MR) is 90.9 cm³/mol. The van der Waals surface area contributed by atoms with E-state index in [1.807, 2.05) is 0 Å². The number of aryl methyl sites for hydroxylation is 1. The number of hydrogen-bond acceptors (Lipinski definition) is 3. The number of Topliss-reactive ketones (excluding diaryl/α,β-unsaturated/α-hetero) is 1. The van der Waals surface area contributed by atoms with E-state index in [9.17, 15) is 4.79 Å². The van der Waals surface area contributed by atoms with Gasteiger partial charge < -0.3 is 4.74 Å². The van der Waals surface area contributed by atoms with Crippen LogP contribution in [0.4, 0.5) is 0 Å². The molecule has 5 heteroatoms. The van der Waals surface area contributed by atoms with Crippen LogP contribution in [0.15, 0.2) is 23.3 Å². The lowest BCUT2D eigenvalue weighted by atomic mass is 9.55. The molecule has 0 radical (unpaired) electrons. The molecule has 0 bridgehead atoms. The van der Waals surface area contributed by atoms with Crippen LogP contribution in [0.25, 0.3) is 10.4 Å². The summed E-state index contributed by atoms with van der Waals surface area (Å²) in [6.07, 6.45) is 4.83. The molecule has 0 N–H and O–H groups in total. The molecule has 0 unspecified atom stereocenters. The van der Waals surface area contributed by atoms with Crippen molar-refractivity contribution >= 4 is 5.78 Å². The third kappa shape index (κ3) is 2.07. The van der Waals surface area contributed by atoms with Crippen molar-refractivity contribution in [1.82, 2.24) is 0 Å². The maximum Gasteiger partial charge on any atom is 0.147 e. The molecule has 0 aliphatic heterocycles. The summed E-state index contributed by atoms with van der Waals surface area (Å²) in [5, 5.41) is 3.79. The van der Waals surface area contributed by atoms with Gasteiger partial charge in [0.1, 0.15) is 11.5 Å². The highest BCUT2D eigenvalue weighted by molar-refractivity contribution is 5.92. The summed E-state index contributed by atoms with van der Waals surface area (Å²) in [5.74, 6) is 2.48. The maximum absolute atomic E-state index is 12.8. The van der Waals surface area contributed by atoms with Crippen molar-refractivity contribution in [2.24, 2.45) is 22.4 Å². The number of methoxy groups -OCH3 is 1. The largest absolute Gasteiger partial charge is 0.497 e. The molecule has 5 nitrogen and oxygen atoms in total. The standard InChI is InChI=1S/C19H23N3O2/c1-19-8-7-14-13-6-4-12(24-2)9-11(13)3-5-15(14)16(19)10-17(18(19)23)21-22-20/h4,6,9,14-17H,3,5,7-8,10H2,1-2H3/t14-,15-,16+,17+,19+/m1/s1. The first-order valence-electron chi connectivity index (χ1n) is 8.84. The number of ketones is 1. The fourth-order valence-corrected chi connectivity index (χ4v) is 5.64. The van der Waals surface area contributed by atoms with Crippen LogP contribution in [0.2, 0.25) is 0 Å². The molecular weight excluding hydrogens is 302 g/mol. The van der Waals surface area contributed by atoms with E-state index in [4.69, 9.17) is 10.3 Å². The Morgan fingerprint density at radius 3 is 2.96 bits per heavy atom. The first-order valence-corrected chi connectivity index (χ1v) is 8.84. The number of azide groups is 1. The predicted octanol–water partition coefficient (Wildman–Crippen LogP) is 4.41. The van der Waals surface area contributed by atoms with E-state index < -0.39 is 6.04 Å². The van der Waals surface area contributed by atoms with Crippen LogP contribution in [-0.2, 0) is 11.2 Å². The van der Waals surface area contributed by atoms with Crippen molar-refractivity contribution < 1.29 is 9.53 Å². The lowest BCUT2D eigenvalue weighted by Gasteiger charge is -2.48. The van der Waals surface area contributed by atoms with Gasteiger partial charge >= 0.3 is 0 Å². The smallest absolute Gasteiger partial charge is 0.147 e. The number of benzene rings is 1. The molecule has 24 heavy (non-hydrogen) atoms. The molecule has 2 saturated carbocycles. The average Bonchev–Trinajstić information content (AvgIpc) is 2.86. The van der Waals surface area contributed by atoms with Crippen molar-refractivity contribution in [3.63, 3.8) is 0 Å². The molecule has 0 saturated heterocycles. The Labute approximate surface area is 142 Å². The van der Waals surface area contributed by atoms with Crippen molar-refractivity contribution in [2.75, 3.05) is 7.11 Å². The summed E-state index contributed by atoms with van der Waals surface area (Å²) in [5.41, 5.74) is 11.3. The Hall–Kier alpha value is -2.00. The van der Waals surface area contributed by atoms with Crippen LogP contribution in [0.3, 0.4) is 0 Å². The quantitative estimate of drug-likeness (QED) is 0.459. The molecule has 5 atom stereocenters. The van der Waals surface area contributed by atoms with Crippen LogP contribution < -0.4 is 4.74 Å². The summed E-state index contributed by atoms with van der Waals surface area (Å²) in [6.45, 7) is 2.10. The second-order valence-electron chi connectivity index (χ2n) is 7.76. The zero-order valence-corrected chi connectivity index (χ0v) is 14.2. The molecule has 1 aromatic rings. The molecular formula is C19H23N3O2. The zero-order valence-electron chi connectivity index (χ0n) is 14.2. The highest BCUT2D eigenvalue weighted by Gasteiger charge is 2.57. The Morgan fingerprint density at radius 1 is 1.38 bits per heavy atom. The highest BCUT2D eigenvalue weighted by atomic mass is 16.5. The number of ether oxygens (including phenoxy) is 1. The zero-order chi connectivity index (χ0) is 16.9. The molecule has 1 aromatic carbocycles. The number of hydrogen-bond donors (Lipinski definition) is 0. The fraction of sp³-hybridized carbons (Fsp3) is 0.632. The first kappa shape index (κ1) is 15.5. The maximum atomic E-state index is 12.8. The third-order valence-electron chi connectivity index (χ3n) is 6.86. The monoisotopic (exact) mass is 325 g/mol. The molecule has 0 heterocycles. The van der Waals surface area contributed by atoms with Crippen LogP contribution in [-0.4, -0.2) is 18.9 Å². The third-order valence-corrected chi connectivity index (χ3v) is 6.86. The van der Waals surface area contributed by atoms with E-state index in [0.717, 1.165) is 37.9 Å². The molecule has 126 valence electrons. The van der Waals surface area contributed by atoms with Crippen LogP contribution in [0.5, 0.6) is 5.75 Å². The fourth-order valence-electron chi connectivity index (χ4n) is 5.64. The lowest BCUT2D eigenvalue weighted by Crippen LogP contribution is -2.42. The molecule has 3 aliphatic carbocycles. The Bertz CT molecular complexity index is 740. The minimum atomic E-state index is -0.457. The number of carbonyl (C=O) groups excluding carboxylic acids is 1. The first-order chi connectivity index (χ1) is 11.6. The van der Waals surface area contributed by atoms with Crippen LogP contribution in [0.1, 0.15) is 49.7 Å². The summed E-state index contributed by atoms with van der Waals surface area (Å²) in [6, 6.07) is 5.98. The molecule has 3 aliphatic rings. The van der Waals surface area contributed by atoms with E-state index >= 15 is 0 Å². The van der Waals surface area contributed by atoms with Crippen molar-refractivity contribution in [2.45, 2.75) is 51.0 Å². The van der Waals surface area contributed by atoms with E-state index in [2.05, 4.69) is 35.1 Å². The van der Waals surface area contributed by atoms with Crippen molar-refractivity contribution in [3.8, 4) is 5.75 Å². The minimum absolute atomic E-state index is 0.171. The SMILES string of the molecule is COc1ccc2c(c1)CC[C@@H]1[C@@H]2CC[C@]2(C)C(=O)[C@@H](N=[N+]=[N-])C[C@@H]12. The van der Waals surface area contributed by atoms with Gasteiger partial charge in [-0.1, -0.05) is 18.1 Å². The second-order valence-corrected chi connectivity index (χ2v) is 7.76. The van der Waals surface area contributed by atoms with E-state index in [-0.39, 0.29) is 11.2 Å². The summed E-state index contributed by atoms with van der Waals surface area (Å²) in [4.78, 5) is 15.7. The molecule has 0 spiro atoms. The van der Waals surface area contributed by atoms with Crippen LogP contribution in [0, 0.1) is 17.3 Å². The Kier molecular flexibility index (Phi) is 3.57. The van der Waals surface area contributed by atoms with Gasteiger partial charge in [0.25, 0.3) is 0 Å². The van der Waals surface area contributed by atoms with E-state index in [1.165, 1.54) is 11.1 Å². The Balaban J connectivity index is 1.69. The van der Waals surface area contributed by atoms with Gasteiger partial charge in [-0.3, -0.25) is 4.79 Å². The van der Waals surface area contributed by atoms with Crippen molar-refractivity contribution in [1.29, 1.82) is 0 Å². The normalized spacial score (nSPS) is 37.0. The number of fused-ring (bicyclic) bond motifs is 5. The topological polar surface area (TPSA) is 75.1 Å². The summed E-state index contributed by atoms with van der Waals surface area (Å²) in [7, 11) is 1.71. The van der Waals surface area contributed by atoms with Crippen molar-refractivity contribution in [3.05, 3.63) is 39.8 Å². The van der Waals surface area contributed by atoms with Crippen LogP contribution >= 0.6 is 0 Å². The van der Waals surface area contributed by atoms with Gasteiger partial charge in [0.05, 0.1) is 13.2 Å². The Morgan fingerprint density at radius 2 is 2.21 bits per heavy atom. The number of carbonyl (C=O) groups is 1. The van der Waals surface area contributed by atoms with Gasteiger partial charge in [0.15, 0.2) is 0 Å². The molecule has 4 rings (SSSR count). The van der Waals surface area contributed by atoms with Gasteiger partial charge in [0, 0.05) is 10.3 Å².